The van der Waals surface area contributed by atoms with Crippen LogP contribution in [0.15, 0.2) is 35.1 Å². The van der Waals surface area contributed by atoms with E-state index in [9.17, 15) is 14.7 Å². The summed E-state index contributed by atoms with van der Waals surface area (Å²) >= 11 is 0. The number of aromatic nitrogens is 1. The van der Waals surface area contributed by atoms with Crippen molar-refractivity contribution in [2.45, 2.75) is 26.2 Å². The van der Waals surface area contributed by atoms with E-state index in [1.165, 1.54) is 6.39 Å². The van der Waals surface area contributed by atoms with Crippen molar-refractivity contribution in [3.63, 3.8) is 0 Å². The Labute approximate surface area is 145 Å². The summed E-state index contributed by atoms with van der Waals surface area (Å²) in [6.45, 7) is 3.15. The summed E-state index contributed by atoms with van der Waals surface area (Å²) in [5.74, 6) is -0.607. The fourth-order valence-electron chi connectivity index (χ4n) is 3.86. The van der Waals surface area contributed by atoms with E-state index in [1.54, 1.807) is 4.90 Å². The van der Waals surface area contributed by atoms with Gasteiger partial charge in [-0.05, 0) is 31.6 Å². The van der Waals surface area contributed by atoms with Crippen molar-refractivity contribution in [3.05, 3.63) is 41.9 Å². The third-order valence-electron chi connectivity index (χ3n) is 5.62. The number of benzene rings is 1. The lowest BCUT2D eigenvalue weighted by Gasteiger charge is -2.32. The molecule has 6 nitrogen and oxygen atoms in total. The zero-order valence-corrected chi connectivity index (χ0v) is 14.1. The zero-order chi connectivity index (χ0) is 17.6. The number of nitrogens with zero attached hydrogens (tertiary/aromatic N) is 2. The summed E-state index contributed by atoms with van der Waals surface area (Å²) in [5.41, 5.74) is 2.19. The fraction of sp³-hybridized carbons (Fsp3) is 0.421. The van der Waals surface area contributed by atoms with Crippen LogP contribution in [0.3, 0.4) is 0 Å². The van der Waals surface area contributed by atoms with Crippen LogP contribution in [0.5, 0.6) is 0 Å². The molecule has 2 fully saturated rings. The summed E-state index contributed by atoms with van der Waals surface area (Å²) in [6, 6.07) is 7.77. The molecule has 1 aliphatic carbocycles. The van der Waals surface area contributed by atoms with Gasteiger partial charge in [0.2, 0.25) is 0 Å². The third kappa shape index (κ3) is 2.71. The SMILES string of the molecule is Cc1ccc(-c2ocnc2C(=O)N2CCC3(CC2)CC3C(=O)O)cc1. The number of carboxylic acids is 1. The molecule has 1 aliphatic heterocycles. The lowest BCUT2D eigenvalue weighted by atomic mass is 9.90. The highest BCUT2D eigenvalue weighted by Gasteiger charge is 2.59. The molecule has 4 rings (SSSR count). The van der Waals surface area contributed by atoms with Crippen LogP contribution in [0, 0.1) is 18.3 Å². The van der Waals surface area contributed by atoms with E-state index < -0.39 is 5.97 Å². The second kappa shape index (κ2) is 5.72. The Kier molecular flexibility index (Phi) is 3.63. The normalized spacial score (nSPS) is 21.3. The number of hydrogen-bond donors (Lipinski definition) is 1. The third-order valence-corrected chi connectivity index (χ3v) is 5.62. The lowest BCUT2D eigenvalue weighted by molar-refractivity contribution is -0.139. The smallest absolute Gasteiger partial charge is 0.307 e. The number of hydrogen-bond acceptors (Lipinski definition) is 4. The Bertz CT molecular complexity index is 816. The van der Waals surface area contributed by atoms with Crippen LogP contribution in [-0.4, -0.2) is 40.0 Å². The van der Waals surface area contributed by atoms with Gasteiger partial charge in [0.05, 0.1) is 5.92 Å². The quantitative estimate of drug-likeness (QED) is 0.928. The summed E-state index contributed by atoms with van der Waals surface area (Å²) < 4.78 is 5.47. The minimum atomic E-state index is -0.710. The second-order valence-electron chi connectivity index (χ2n) is 7.15. The molecule has 1 atom stereocenters. The van der Waals surface area contributed by atoms with Crippen molar-refractivity contribution in [3.8, 4) is 11.3 Å². The predicted molar refractivity (Wildman–Crippen MR) is 90.0 cm³/mol. The van der Waals surface area contributed by atoms with E-state index in [2.05, 4.69) is 4.98 Å². The molecule has 1 saturated carbocycles. The van der Waals surface area contributed by atoms with Crippen LogP contribution in [-0.2, 0) is 4.79 Å². The number of piperidine rings is 1. The molecular formula is C19H20N2O4. The van der Waals surface area contributed by atoms with Gasteiger partial charge in [0.15, 0.2) is 17.8 Å². The predicted octanol–water partition coefficient (Wildman–Crippen LogP) is 2.98. The van der Waals surface area contributed by atoms with Gasteiger partial charge in [-0.1, -0.05) is 29.8 Å². The highest BCUT2D eigenvalue weighted by Crippen LogP contribution is 2.59. The maximum atomic E-state index is 12.9. The Morgan fingerprint density at radius 3 is 2.52 bits per heavy atom. The van der Waals surface area contributed by atoms with E-state index in [1.807, 2.05) is 31.2 Å². The van der Waals surface area contributed by atoms with Crippen molar-refractivity contribution >= 4 is 11.9 Å². The molecule has 25 heavy (non-hydrogen) atoms. The van der Waals surface area contributed by atoms with Crippen molar-refractivity contribution in [2.75, 3.05) is 13.1 Å². The second-order valence-corrected chi connectivity index (χ2v) is 7.15. The van der Waals surface area contributed by atoms with Gasteiger partial charge in [0.25, 0.3) is 5.91 Å². The first-order valence-electron chi connectivity index (χ1n) is 8.53. The van der Waals surface area contributed by atoms with Gasteiger partial charge in [-0.25, -0.2) is 4.98 Å². The van der Waals surface area contributed by atoms with E-state index >= 15 is 0 Å². The largest absolute Gasteiger partial charge is 0.481 e. The molecule has 2 heterocycles. The van der Waals surface area contributed by atoms with E-state index in [0.29, 0.717) is 24.5 Å². The van der Waals surface area contributed by atoms with Gasteiger partial charge in [-0.3, -0.25) is 9.59 Å². The van der Waals surface area contributed by atoms with Gasteiger partial charge < -0.3 is 14.4 Å². The Hall–Kier alpha value is -2.63. The maximum Gasteiger partial charge on any atom is 0.307 e. The first kappa shape index (κ1) is 15.9. The maximum absolute atomic E-state index is 12.9. The molecule has 1 unspecified atom stereocenters. The average molecular weight is 340 g/mol. The van der Waals surface area contributed by atoms with Crippen LogP contribution >= 0.6 is 0 Å². The van der Waals surface area contributed by atoms with Gasteiger partial charge in [-0.15, -0.1) is 0 Å². The minimum Gasteiger partial charge on any atom is -0.481 e. The van der Waals surface area contributed by atoms with Gasteiger partial charge >= 0.3 is 5.97 Å². The standard InChI is InChI=1S/C19H20N2O4/c1-12-2-4-13(5-3-12)16-15(20-11-25-16)17(22)21-8-6-19(7-9-21)10-14(19)18(23)24/h2-5,11,14H,6-10H2,1H3,(H,23,24). The molecule has 2 aliphatic rings. The number of likely N-dealkylation sites (tertiary alicyclic amines) is 1. The average Bonchev–Trinajstić information content (AvgIpc) is 3.09. The number of carbonyl (C=O) groups excluding carboxylic acids is 1. The molecule has 1 aromatic carbocycles. The Morgan fingerprint density at radius 2 is 1.92 bits per heavy atom. The first-order valence-corrected chi connectivity index (χ1v) is 8.53. The number of carbonyl (C=O) groups is 2. The molecule has 1 aromatic heterocycles. The summed E-state index contributed by atoms with van der Waals surface area (Å²) in [6.07, 6.45) is 3.53. The Morgan fingerprint density at radius 1 is 1.24 bits per heavy atom. The highest BCUT2D eigenvalue weighted by atomic mass is 16.4. The molecule has 130 valence electrons. The molecule has 1 saturated heterocycles. The van der Waals surface area contributed by atoms with Crippen LogP contribution < -0.4 is 0 Å². The summed E-state index contributed by atoms with van der Waals surface area (Å²) in [5, 5.41) is 9.18. The summed E-state index contributed by atoms with van der Waals surface area (Å²) in [4.78, 5) is 29.9. The first-order chi connectivity index (χ1) is 12.0. The number of carboxylic acid groups (broad SMARTS) is 1. The molecule has 1 N–H and O–H groups in total. The minimum absolute atomic E-state index is 0.0910. The number of oxazole rings is 1. The molecule has 1 spiro atoms. The van der Waals surface area contributed by atoms with Gasteiger partial charge in [-0.2, -0.15) is 0 Å². The fourth-order valence-corrected chi connectivity index (χ4v) is 3.86. The van der Waals surface area contributed by atoms with E-state index in [-0.39, 0.29) is 17.2 Å². The van der Waals surface area contributed by atoms with Crippen LogP contribution in [0.4, 0.5) is 0 Å². The highest BCUT2D eigenvalue weighted by molar-refractivity contribution is 5.97. The van der Waals surface area contributed by atoms with Crippen molar-refractivity contribution in [1.29, 1.82) is 0 Å². The lowest BCUT2D eigenvalue weighted by Crippen LogP contribution is -2.40. The Balaban J connectivity index is 1.49. The molecule has 6 heteroatoms. The molecular weight excluding hydrogens is 320 g/mol. The molecule has 1 amide bonds. The molecule has 2 aromatic rings. The number of aryl methyl sites for hydroxylation is 1. The van der Waals surface area contributed by atoms with Gasteiger partial charge in [0, 0.05) is 18.7 Å². The number of rotatable bonds is 3. The number of amides is 1. The zero-order valence-electron chi connectivity index (χ0n) is 14.1. The van der Waals surface area contributed by atoms with Crippen LogP contribution in [0.25, 0.3) is 11.3 Å². The number of aliphatic carboxylic acids is 1. The monoisotopic (exact) mass is 340 g/mol. The molecule has 0 radical (unpaired) electrons. The van der Waals surface area contributed by atoms with Crippen LogP contribution in [0.2, 0.25) is 0 Å². The topological polar surface area (TPSA) is 83.6 Å². The molecule has 0 bridgehead atoms. The van der Waals surface area contributed by atoms with E-state index in [0.717, 1.165) is 30.4 Å². The van der Waals surface area contributed by atoms with Crippen molar-refractivity contribution in [2.24, 2.45) is 11.3 Å². The van der Waals surface area contributed by atoms with E-state index in [4.69, 9.17) is 4.42 Å². The van der Waals surface area contributed by atoms with Crippen molar-refractivity contribution < 1.29 is 19.1 Å². The summed E-state index contributed by atoms with van der Waals surface area (Å²) in [7, 11) is 0. The van der Waals surface area contributed by atoms with Gasteiger partial charge in [0.1, 0.15) is 0 Å². The van der Waals surface area contributed by atoms with Crippen LogP contribution in [0.1, 0.15) is 35.3 Å². The van der Waals surface area contributed by atoms with Crippen molar-refractivity contribution in [1.82, 2.24) is 9.88 Å².